The van der Waals surface area contributed by atoms with E-state index in [9.17, 15) is 0 Å². The van der Waals surface area contributed by atoms with Gasteiger partial charge >= 0.3 is 0 Å². The lowest BCUT2D eigenvalue weighted by Gasteiger charge is -2.02. The van der Waals surface area contributed by atoms with Crippen molar-refractivity contribution in [1.29, 1.82) is 0 Å². The SMILES string of the molecule is CPCCCCCCCCCCCCCNI. The Kier molecular flexibility index (Phi) is 18.2. The Morgan fingerprint density at radius 1 is 0.706 bits per heavy atom. The molecule has 0 heterocycles. The van der Waals surface area contributed by atoms with Crippen LogP contribution < -0.4 is 3.53 Å². The van der Waals surface area contributed by atoms with Gasteiger partial charge in [-0.05, 0) is 25.7 Å². The maximum atomic E-state index is 3.18. The second kappa shape index (κ2) is 17.1. The zero-order chi connectivity index (χ0) is 12.6. The summed E-state index contributed by atoms with van der Waals surface area (Å²) in [7, 11) is 1.16. The maximum absolute atomic E-state index is 3.18. The van der Waals surface area contributed by atoms with Gasteiger partial charge in [0.05, 0.1) is 0 Å². The molecule has 0 radical (unpaired) electrons. The lowest BCUT2D eigenvalue weighted by atomic mass is 10.1. The van der Waals surface area contributed by atoms with E-state index in [2.05, 4.69) is 33.1 Å². The minimum absolute atomic E-state index is 1.16. The fourth-order valence-corrected chi connectivity index (χ4v) is 3.07. The number of rotatable bonds is 14. The molecule has 0 aromatic heterocycles. The van der Waals surface area contributed by atoms with Gasteiger partial charge in [0, 0.05) is 29.4 Å². The highest BCUT2D eigenvalue weighted by atomic mass is 127. The summed E-state index contributed by atoms with van der Waals surface area (Å²) in [6, 6.07) is 0. The van der Waals surface area contributed by atoms with Crippen LogP contribution in [0.5, 0.6) is 0 Å². The molecule has 104 valence electrons. The zero-order valence-electron chi connectivity index (χ0n) is 11.6. The fourth-order valence-electron chi connectivity index (χ4n) is 2.08. The van der Waals surface area contributed by atoms with Crippen LogP contribution >= 0.6 is 31.4 Å². The van der Waals surface area contributed by atoms with E-state index in [1.165, 1.54) is 83.3 Å². The first-order valence-electron chi connectivity index (χ1n) is 7.40. The van der Waals surface area contributed by atoms with E-state index in [1.54, 1.807) is 0 Å². The molecule has 3 heteroatoms. The van der Waals surface area contributed by atoms with Crippen molar-refractivity contribution in [1.82, 2.24) is 3.53 Å². The molecule has 0 amide bonds. The second-order valence-corrected chi connectivity index (χ2v) is 6.85. The molecule has 0 saturated carbocycles. The molecule has 0 rings (SSSR count). The standard InChI is InChI=1S/C14H31INP/c1-17-14-12-10-8-6-4-2-3-5-7-9-11-13-16-15/h16-17H,2-14H2,1H3. The predicted octanol–water partition coefficient (Wildman–Crippen LogP) is 5.53. The van der Waals surface area contributed by atoms with E-state index < -0.39 is 0 Å². The molecule has 0 fully saturated rings. The lowest BCUT2D eigenvalue weighted by Crippen LogP contribution is -1.98. The van der Waals surface area contributed by atoms with Crippen molar-refractivity contribution >= 4 is 31.4 Å². The van der Waals surface area contributed by atoms with Crippen LogP contribution in [0.2, 0.25) is 0 Å². The van der Waals surface area contributed by atoms with E-state index in [-0.39, 0.29) is 0 Å². The van der Waals surface area contributed by atoms with Gasteiger partial charge in [0.1, 0.15) is 0 Å². The topological polar surface area (TPSA) is 12.0 Å². The van der Waals surface area contributed by atoms with Gasteiger partial charge in [0.25, 0.3) is 0 Å². The van der Waals surface area contributed by atoms with Crippen molar-refractivity contribution in [3.63, 3.8) is 0 Å². The van der Waals surface area contributed by atoms with Crippen molar-refractivity contribution in [3.05, 3.63) is 0 Å². The van der Waals surface area contributed by atoms with E-state index in [4.69, 9.17) is 0 Å². The number of halogens is 1. The molecule has 1 nitrogen and oxygen atoms in total. The van der Waals surface area contributed by atoms with Gasteiger partial charge in [-0.15, -0.1) is 8.58 Å². The molecule has 1 N–H and O–H groups in total. The predicted molar refractivity (Wildman–Crippen MR) is 91.9 cm³/mol. The summed E-state index contributed by atoms with van der Waals surface area (Å²) in [6.07, 6.45) is 17.4. The molecule has 1 unspecified atom stereocenters. The van der Waals surface area contributed by atoms with Crippen LogP contribution in [-0.4, -0.2) is 19.4 Å². The summed E-state index contributed by atoms with van der Waals surface area (Å²) in [5, 5.41) is 0. The van der Waals surface area contributed by atoms with Gasteiger partial charge < -0.3 is 0 Å². The molecule has 0 aliphatic rings. The summed E-state index contributed by atoms with van der Waals surface area (Å²) >= 11 is 2.23. The fraction of sp³-hybridized carbons (Fsp3) is 1.00. The number of nitrogens with one attached hydrogen (secondary N) is 1. The van der Waals surface area contributed by atoms with Gasteiger partial charge in [-0.3, -0.25) is 3.53 Å². The highest BCUT2D eigenvalue weighted by Gasteiger charge is 1.93. The summed E-state index contributed by atoms with van der Waals surface area (Å²) < 4.78 is 3.18. The molecule has 0 aromatic rings. The molecule has 0 aliphatic carbocycles. The van der Waals surface area contributed by atoms with Crippen molar-refractivity contribution in [2.24, 2.45) is 0 Å². The third-order valence-corrected chi connectivity index (χ3v) is 4.59. The zero-order valence-corrected chi connectivity index (χ0v) is 14.7. The first-order valence-corrected chi connectivity index (χ1v) is 10.2. The van der Waals surface area contributed by atoms with Gasteiger partial charge in [0.2, 0.25) is 0 Å². The molecule has 17 heavy (non-hydrogen) atoms. The Bertz CT molecular complexity index is 119. The quantitative estimate of drug-likeness (QED) is 0.183. The van der Waals surface area contributed by atoms with E-state index in [0.29, 0.717) is 0 Å². The highest BCUT2D eigenvalue weighted by molar-refractivity contribution is 14.1. The van der Waals surface area contributed by atoms with Gasteiger partial charge in [-0.25, -0.2) is 0 Å². The average Bonchev–Trinajstić information content (AvgIpc) is 2.35. The summed E-state index contributed by atoms with van der Waals surface area (Å²) in [4.78, 5) is 0. The molecular weight excluding hydrogens is 340 g/mol. The normalized spacial score (nSPS) is 11.6. The van der Waals surface area contributed by atoms with E-state index in [1.807, 2.05) is 0 Å². The largest absolute Gasteiger partial charge is 0.261 e. The van der Waals surface area contributed by atoms with Gasteiger partial charge in [-0.1, -0.05) is 57.8 Å². The van der Waals surface area contributed by atoms with E-state index in [0.717, 1.165) is 8.58 Å². The first kappa shape index (κ1) is 18.1. The van der Waals surface area contributed by atoms with Crippen LogP contribution in [0.15, 0.2) is 0 Å². The molecule has 0 spiro atoms. The van der Waals surface area contributed by atoms with Gasteiger partial charge in [-0.2, -0.15) is 0 Å². The summed E-state index contributed by atoms with van der Waals surface area (Å²) in [5.41, 5.74) is 0. The van der Waals surface area contributed by atoms with Crippen LogP contribution in [0.25, 0.3) is 0 Å². The maximum Gasteiger partial charge on any atom is 0.0169 e. The summed E-state index contributed by atoms with van der Waals surface area (Å²) in [6.45, 7) is 3.50. The van der Waals surface area contributed by atoms with Crippen molar-refractivity contribution in [2.75, 3.05) is 19.4 Å². The Hall–Kier alpha value is 1.12. The molecular formula is C14H31INP. The lowest BCUT2D eigenvalue weighted by molar-refractivity contribution is 0.550. The van der Waals surface area contributed by atoms with Crippen LogP contribution in [0, 0.1) is 0 Å². The minimum atomic E-state index is 1.16. The molecule has 0 aliphatic heterocycles. The third-order valence-electron chi connectivity index (χ3n) is 3.20. The van der Waals surface area contributed by atoms with Gasteiger partial charge in [0.15, 0.2) is 0 Å². The van der Waals surface area contributed by atoms with Crippen LogP contribution in [0.3, 0.4) is 0 Å². The smallest absolute Gasteiger partial charge is 0.0169 e. The number of hydrogen-bond acceptors (Lipinski definition) is 1. The number of hydrogen-bond donors (Lipinski definition) is 1. The monoisotopic (exact) mass is 371 g/mol. The Morgan fingerprint density at radius 3 is 1.53 bits per heavy atom. The number of unbranched alkanes of at least 4 members (excludes halogenated alkanes) is 10. The Balaban J connectivity index is 2.85. The third kappa shape index (κ3) is 17.1. The van der Waals surface area contributed by atoms with Crippen molar-refractivity contribution in [3.8, 4) is 0 Å². The van der Waals surface area contributed by atoms with Crippen molar-refractivity contribution in [2.45, 2.75) is 70.6 Å². The highest BCUT2D eigenvalue weighted by Crippen LogP contribution is 2.13. The van der Waals surface area contributed by atoms with Crippen LogP contribution in [0.1, 0.15) is 70.6 Å². The van der Waals surface area contributed by atoms with Crippen LogP contribution in [-0.2, 0) is 0 Å². The van der Waals surface area contributed by atoms with E-state index >= 15 is 0 Å². The van der Waals surface area contributed by atoms with Crippen molar-refractivity contribution < 1.29 is 0 Å². The second-order valence-electron chi connectivity index (χ2n) is 4.88. The molecule has 0 aromatic carbocycles. The Labute approximate surface area is 125 Å². The Morgan fingerprint density at radius 2 is 1.12 bits per heavy atom. The molecule has 1 atom stereocenters. The molecule has 0 saturated heterocycles. The minimum Gasteiger partial charge on any atom is -0.261 e. The molecule has 0 bridgehead atoms. The summed E-state index contributed by atoms with van der Waals surface area (Å²) in [5.74, 6) is 0. The first-order chi connectivity index (χ1) is 8.41. The average molecular weight is 371 g/mol. The van der Waals surface area contributed by atoms with Crippen LogP contribution in [0.4, 0.5) is 0 Å².